The number of rotatable bonds is 5. The van der Waals surface area contributed by atoms with Crippen LogP contribution >= 0.6 is 11.6 Å². The Morgan fingerprint density at radius 3 is 2.58 bits per heavy atom. The minimum absolute atomic E-state index is 0.162. The van der Waals surface area contributed by atoms with Crippen molar-refractivity contribution in [2.75, 3.05) is 0 Å². The van der Waals surface area contributed by atoms with Gasteiger partial charge in [-0.25, -0.2) is 4.39 Å². The fourth-order valence-corrected chi connectivity index (χ4v) is 3.67. The van der Waals surface area contributed by atoms with Crippen LogP contribution < -0.4 is 5.73 Å². The van der Waals surface area contributed by atoms with Gasteiger partial charge >= 0.3 is 10.1 Å². The lowest BCUT2D eigenvalue weighted by Gasteiger charge is -2.11. The van der Waals surface area contributed by atoms with Crippen LogP contribution in [0.5, 0.6) is 0 Å². The molecule has 9 heteroatoms. The quantitative estimate of drug-likeness (QED) is 0.779. The molecule has 0 saturated carbocycles. The van der Waals surface area contributed by atoms with Crippen LogP contribution in [0.25, 0.3) is 0 Å². The van der Waals surface area contributed by atoms with Crippen LogP contribution in [0.2, 0.25) is 5.02 Å². The third-order valence-electron chi connectivity index (χ3n) is 3.57. The first-order valence-corrected chi connectivity index (χ1v) is 9.34. The lowest BCUT2D eigenvalue weighted by atomic mass is 10.1. The predicted octanol–water partition coefficient (Wildman–Crippen LogP) is 2.79. The summed E-state index contributed by atoms with van der Waals surface area (Å²) in [4.78, 5) is 12.4. The molecule has 2 N–H and O–H groups in total. The van der Waals surface area contributed by atoms with Gasteiger partial charge in [-0.05, 0) is 23.8 Å². The molecule has 0 aliphatic carbocycles. The van der Waals surface area contributed by atoms with E-state index in [1.807, 2.05) is 0 Å². The Hall–Kier alpha value is -2.58. The van der Waals surface area contributed by atoms with E-state index in [0.29, 0.717) is 5.56 Å². The van der Waals surface area contributed by atoms with E-state index in [-0.39, 0.29) is 10.6 Å². The summed E-state index contributed by atoms with van der Waals surface area (Å²) in [5.41, 5.74) is 5.88. The van der Waals surface area contributed by atoms with Crippen LogP contribution in [0.4, 0.5) is 4.39 Å². The number of hydrogen-bond acceptors (Lipinski definition) is 6. The highest BCUT2D eigenvalue weighted by Gasteiger charge is 2.40. The Morgan fingerprint density at radius 1 is 1.19 bits per heavy atom. The number of hydrogen-bond donors (Lipinski definition) is 1. The molecule has 6 nitrogen and oxygen atoms in total. The summed E-state index contributed by atoms with van der Waals surface area (Å²) in [6.45, 7) is 0. The first-order valence-electron chi connectivity index (χ1n) is 7.38. The molecule has 1 heterocycles. The molecule has 0 fully saturated rings. The van der Waals surface area contributed by atoms with Gasteiger partial charge in [-0.15, -0.1) is 0 Å². The molecule has 2 aromatic rings. The van der Waals surface area contributed by atoms with Gasteiger partial charge in [0.1, 0.15) is 11.6 Å². The van der Waals surface area contributed by atoms with Gasteiger partial charge in [0.05, 0.1) is 0 Å². The number of nitrogens with two attached hydrogens (primary N) is 1. The maximum atomic E-state index is 14.0. The molecule has 0 radical (unpaired) electrons. The molecule has 1 aliphatic heterocycles. The van der Waals surface area contributed by atoms with Crippen molar-refractivity contribution in [3.63, 3.8) is 0 Å². The van der Waals surface area contributed by atoms with Crippen molar-refractivity contribution in [1.82, 2.24) is 0 Å². The van der Waals surface area contributed by atoms with Crippen LogP contribution in [0.3, 0.4) is 0 Å². The number of ketones is 1. The molecule has 0 saturated heterocycles. The van der Waals surface area contributed by atoms with Crippen LogP contribution in [0.15, 0.2) is 60.2 Å². The van der Waals surface area contributed by atoms with Gasteiger partial charge in [0.2, 0.25) is 17.4 Å². The van der Waals surface area contributed by atoms with Crippen molar-refractivity contribution in [2.45, 2.75) is 11.9 Å². The number of carbonyl (C=O) groups is 1. The van der Waals surface area contributed by atoms with Crippen molar-refractivity contribution in [1.29, 1.82) is 0 Å². The molecule has 1 unspecified atom stereocenters. The van der Waals surface area contributed by atoms with E-state index >= 15 is 0 Å². The second-order valence-corrected chi connectivity index (χ2v) is 7.50. The normalized spacial score (nSPS) is 17.3. The maximum Gasteiger partial charge on any atom is 0.313 e. The molecule has 26 heavy (non-hydrogen) atoms. The Bertz CT molecular complexity index is 991. The molecule has 3 rings (SSSR count). The molecular formula is C17H13ClFNO5S. The Labute approximate surface area is 154 Å². The monoisotopic (exact) mass is 397 g/mol. The van der Waals surface area contributed by atoms with Crippen LogP contribution in [-0.4, -0.2) is 14.2 Å². The van der Waals surface area contributed by atoms with E-state index in [0.717, 1.165) is 6.07 Å². The van der Waals surface area contributed by atoms with E-state index in [9.17, 15) is 17.6 Å². The third-order valence-corrected chi connectivity index (χ3v) is 4.91. The Balaban J connectivity index is 1.82. The number of ether oxygens (including phenoxy) is 1. The van der Waals surface area contributed by atoms with Gasteiger partial charge in [0, 0.05) is 10.6 Å². The van der Waals surface area contributed by atoms with Crippen LogP contribution in [0.1, 0.15) is 17.2 Å². The lowest BCUT2D eigenvalue weighted by Crippen LogP contribution is -2.17. The SMILES string of the molecule is NC1=C(OS(=O)(=O)Cc2ccccc2)C(=O)C(c2cc(Cl)ccc2F)O1. The molecular weight excluding hydrogens is 385 g/mol. The summed E-state index contributed by atoms with van der Waals surface area (Å²) < 4.78 is 48.3. The number of halogens is 2. The van der Waals surface area contributed by atoms with Gasteiger partial charge in [0.25, 0.3) is 0 Å². The zero-order valence-corrected chi connectivity index (χ0v) is 14.8. The van der Waals surface area contributed by atoms with Gasteiger partial charge in [-0.2, -0.15) is 8.42 Å². The van der Waals surface area contributed by atoms with Crippen molar-refractivity contribution in [3.05, 3.63) is 82.1 Å². The first-order chi connectivity index (χ1) is 12.3. The highest BCUT2D eigenvalue weighted by molar-refractivity contribution is 7.86. The van der Waals surface area contributed by atoms with Gasteiger partial charge < -0.3 is 14.7 Å². The number of Topliss-reactive ketones (excluding diaryl/α,β-unsaturated/α-hetero) is 1. The molecule has 1 aliphatic rings. The summed E-state index contributed by atoms with van der Waals surface area (Å²) in [5, 5.41) is 0.183. The summed E-state index contributed by atoms with van der Waals surface area (Å²) >= 11 is 5.81. The number of carbonyl (C=O) groups excluding carboxylic acids is 1. The molecule has 2 aromatic carbocycles. The highest BCUT2D eigenvalue weighted by atomic mass is 35.5. The van der Waals surface area contributed by atoms with Gasteiger partial charge in [-0.1, -0.05) is 41.9 Å². The first kappa shape index (κ1) is 18.2. The average Bonchev–Trinajstić information content (AvgIpc) is 2.85. The lowest BCUT2D eigenvalue weighted by molar-refractivity contribution is -0.123. The van der Waals surface area contributed by atoms with E-state index in [1.54, 1.807) is 30.3 Å². The molecule has 0 amide bonds. The maximum absolute atomic E-state index is 14.0. The standard InChI is InChI=1S/C17H13ClFNO5S/c18-11-6-7-13(19)12(8-11)15-14(21)16(17(20)24-15)25-26(22,23)9-10-4-2-1-3-5-10/h1-8,15H,9,20H2. The van der Waals surface area contributed by atoms with E-state index in [1.165, 1.54) is 12.1 Å². The van der Waals surface area contributed by atoms with Crippen molar-refractivity contribution in [2.24, 2.45) is 5.73 Å². The van der Waals surface area contributed by atoms with Crippen molar-refractivity contribution >= 4 is 27.5 Å². The molecule has 0 bridgehead atoms. The highest BCUT2D eigenvalue weighted by Crippen LogP contribution is 2.35. The van der Waals surface area contributed by atoms with Crippen molar-refractivity contribution in [3.8, 4) is 0 Å². The molecule has 136 valence electrons. The number of benzene rings is 2. The van der Waals surface area contributed by atoms with Crippen LogP contribution in [0, 0.1) is 5.82 Å². The fraction of sp³-hybridized carbons (Fsp3) is 0.118. The Kier molecular flexibility index (Phi) is 4.88. The summed E-state index contributed by atoms with van der Waals surface area (Å²) in [5.74, 6) is -3.32. The van der Waals surface area contributed by atoms with E-state index in [4.69, 9.17) is 26.3 Å². The molecule has 0 spiro atoms. The molecule has 1 atom stereocenters. The minimum Gasteiger partial charge on any atom is -0.460 e. The van der Waals surface area contributed by atoms with Gasteiger partial charge in [0.15, 0.2) is 6.10 Å². The second kappa shape index (κ2) is 6.97. The zero-order valence-electron chi connectivity index (χ0n) is 13.2. The Morgan fingerprint density at radius 2 is 1.88 bits per heavy atom. The summed E-state index contributed by atoms with van der Waals surface area (Å²) in [7, 11) is -4.17. The van der Waals surface area contributed by atoms with Crippen LogP contribution in [-0.2, 0) is 29.6 Å². The largest absolute Gasteiger partial charge is 0.460 e. The molecule has 0 aromatic heterocycles. The fourth-order valence-electron chi connectivity index (χ4n) is 2.41. The van der Waals surface area contributed by atoms with E-state index < -0.39 is 45.2 Å². The summed E-state index contributed by atoms with van der Waals surface area (Å²) in [6.07, 6.45) is -1.46. The third kappa shape index (κ3) is 3.81. The zero-order chi connectivity index (χ0) is 18.9. The van der Waals surface area contributed by atoms with E-state index in [2.05, 4.69) is 0 Å². The van der Waals surface area contributed by atoms with Crippen molar-refractivity contribution < 1.29 is 26.5 Å². The second-order valence-electron chi connectivity index (χ2n) is 5.49. The smallest absolute Gasteiger partial charge is 0.313 e. The summed E-state index contributed by atoms with van der Waals surface area (Å²) in [6, 6.07) is 11.8. The average molecular weight is 398 g/mol. The predicted molar refractivity (Wildman–Crippen MR) is 91.6 cm³/mol. The van der Waals surface area contributed by atoms with Gasteiger partial charge in [-0.3, -0.25) is 4.79 Å². The minimum atomic E-state index is -4.17. The topological polar surface area (TPSA) is 95.7 Å².